The molecule has 2 rings (SSSR count). The number of aliphatic carboxylic acids is 1. The van der Waals surface area contributed by atoms with Crippen LogP contribution in [0.25, 0.3) is 0 Å². The van der Waals surface area contributed by atoms with Crippen molar-refractivity contribution in [2.45, 2.75) is 38.8 Å². The van der Waals surface area contributed by atoms with Crippen molar-refractivity contribution >= 4 is 17.6 Å². The number of amides is 1. The number of nitrogens with one attached hydrogen (secondary N) is 2. The van der Waals surface area contributed by atoms with Gasteiger partial charge >= 0.3 is 5.97 Å². The van der Waals surface area contributed by atoms with Crippen LogP contribution in [0.1, 0.15) is 37.3 Å². The summed E-state index contributed by atoms with van der Waals surface area (Å²) in [6, 6.07) is 16.1. The molecule has 25 heavy (non-hydrogen) atoms. The molecule has 3 N–H and O–H groups in total. The predicted octanol–water partition coefficient (Wildman–Crippen LogP) is 3.38. The fourth-order valence-electron chi connectivity index (χ4n) is 2.43. The van der Waals surface area contributed by atoms with Crippen LogP contribution in [0.4, 0.5) is 5.69 Å². The van der Waals surface area contributed by atoms with E-state index >= 15 is 0 Å². The van der Waals surface area contributed by atoms with Gasteiger partial charge in [0.05, 0.1) is 6.42 Å². The maximum atomic E-state index is 12.1. The van der Waals surface area contributed by atoms with Crippen LogP contribution in [0, 0.1) is 0 Å². The van der Waals surface area contributed by atoms with Crippen LogP contribution in [0.15, 0.2) is 54.6 Å². The molecule has 0 fully saturated rings. The summed E-state index contributed by atoms with van der Waals surface area (Å²) in [5.41, 5.74) is 2.82. The lowest BCUT2D eigenvalue weighted by molar-refractivity contribution is -0.141. The van der Waals surface area contributed by atoms with Gasteiger partial charge in [0.1, 0.15) is 6.04 Å². The summed E-state index contributed by atoms with van der Waals surface area (Å²) in [7, 11) is 0. The van der Waals surface area contributed by atoms with Gasteiger partial charge in [-0.1, -0.05) is 56.3 Å². The molecule has 0 spiro atoms. The van der Waals surface area contributed by atoms with E-state index < -0.39 is 12.0 Å². The number of hydrogen-bond acceptors (Lipinski definition) is 3. The molecule has 1 unspecified atom stereocenters. The second-order valence-electron chi connectivity index (χ2n) is 6.29. The summed E-state index contributed by atoms with van der Waals surface area (Å²) in [5.74, 6) is -0.949. The first-order chi connectivity index (χ1) is 12.0. The van der Waals surface area contributed by atoms with E-state index in [2.05, 4.69) is 24.5 Å². The fourth-order valence-corrected chi connectivity index (χ4v) is 2.43. The SMILES string of the molecule is CC(C)c1ccc(NC(=O)CC(NCc2ccccc2)C(=O)O)cc1. The standard InChI is InChI=1S/C20H24N2O3/c1-14(2)16-8-10-17(11-9-16)22-19(23)12-18(20(24)25)21-13-15-6-4-3-5-7-15/h3-11,14,18,21H,12-13H2,1-2H3,(H,22,23)(H,24,25). The first-order valence-corrected chi connectivity index (χ1v) is 8.35. The zero-order valence-electron chi connectivity index (χ0n) is 14.5. The maximum absolute atomic E-state index is 12.1. The van der Waals surface area contributed by atoms with Gasteiger partial charge in [0.25, 0.3) is 0 Å². The van der Waals surface area contributed by atoms with Gasteiger partial charge in [-0.3, -0.25) is 14.9 Å². The Labute approximate surface area is 148 Å². The van der Waals surface area contributed by atoms with Crippen molar-refractivity contribution in [3.05, 3.63) is 65.7 Å². The Bertz CT molecular complexity index is 697. The van der Waals surface area contributed by atoms with E-state index in [9.17, 15) is 14.7 Å². The van der Waals surface area contributed by atoms with E-state index in [0.29, 0.717) is 18.2 Å². The fraction of sp³-hybridized carbons (Fsp3) is 0.300. The third kappa shape index (κ3) is 6.04. The first-order valence-electron chi connectivity index (χ1n) is 8.35. The van der Waals surface area contributed by atoms with E-state index in [4.69, 9.17) is 0 Å². The van der Waals surface area contributed by atoms with Gasteiger partial charge < -0.3 is 10.4 Å². The van der Waals surface area contributed by atoms with Crippen molar-refractivity contribution in [3.63, 3.8) is 0 Å². The Morgan fingerprint density at radius 1 is 1.00 bits per heavy atom. The van der Waals surface area contributed by atoms with Gasteiger partial charge in [-0.15, -0.1) is 0 Å². The van der Waals surface area contributed by atoms with Crippen LogP contribution in [0.3, 0.4) is 0 Å². The highest BCUT2D eigenvalue weighted by Gasteiger charge is 2.20. The van der Waals surface area contributed by atoms with Gasteiger partial charge in [0.15, 0.2) is 0 Å². The molecule has 0 heterocycles. The lowest BCUT2D eigenvalue weighted by Gasteiger charge is -2.15. The van der Waals surface area contributed by atoms with E-state index in [1.54, 1.807) is 0 Å². The number of rotatable bonds is 8. The summed E-state index contributed by atoms with van der Waals surface area (Å²) in [6.07, 6.45) is -0.131. The molecule has 0 aliphatic heterocycles. The Kier molecular flexibility index (Phi) is 6.71. The van der Waals surface area contributed by atoms with Crippen LogP contribution in [0.2, 0.25) is 0 Å². The summed E-state index contributed by atoms with van der Waals surface area (Å²) in [5, 5.41) is 15.0. The zero-order chi connectivity index (χ0) is 18.2. The molecule has 5 nitrogen and oxygen atoms in total. The third-order valence-electron chi connectivity index (χ3n) is 3.94. The van der Waals surface area contributed by atoms with Gasteiger partial charge in [-0.25, -0.2) is 0 Å². The molecule has 0 aliphatic carbocycles. The second-order valence-corrected chi connectivity index (χ2v) is 6.29. The number of benzene rings is 2. The average Bonchev–Trinajstić information content (AvgIpc) is 2.59. The largest absolute Gasteiger partial charge is 0.480 e. The van der Waals surface area contributed by atoms with Crippen molar-refractivity contribution < 1.29 is 14.7 Å². The number of carboxylic acid groups (broad SMARTS) is 1. The highest BCUT2D eigenvalue weighted by Crippen LogP contribution is 2.17. The monoisotopic (exact) mass is 340 g/mol. The topological polar surface area (TPSA) is 78.4 Å². The number of anilines is 1. The number of hydrogen-bond donors (Lipinski definition) is 3. The lowest BCUT2D eigenvalue weighted by atomic mass is 10.0. The van der Waals surface area contributed by atoms with Crippen LogP contribution < -0.4 is 10.6 Å². The molecule has 2 aromatic rings. The van der Waals surface area contributed by atoms with Gasteiger partial charge in [0.2, 0.25) is 5.91 Å². The van der Waals surface area contributed by atoms with Crippen molar-refractivity contribution in [2.24, 2.45) is 0 Å². The molecular weight excluding hydrogens is 316 g/mol. The van der Waals surface area contributed by atoms with E-state index in [1.807, 2.05) is 54.6 Å². The molecule has 0 saturated heterocycles. The van der Waals surface area contributed by atoms with Gasteiger partial charge in [0, 0.05) is 12.2 Å². The average molecular weight is 340 g/mol. The van der Waals surface area contributed by atoms with Crippen LogP contribution in [-0.2, 0) is 16.1 Å². The third-order valence-corrected chi connectivity index (χ3v) is 3.94. The summed E-state index contributed by atoms with van der Waals surface area (Å²) >= 11 is 0. The van der Waals surface area contributed by atoms with E-state index in [-0.39, 0.29) is 12.3 Å². The molecular formula is C20H24N2O3. The van der Waals surface area contributed by atoms with E-state index in [1.165, 1.54) is 5.56 Å². The Morgan fingerprint density at radius 2 is 1.64 bits per heavy atom. The molecule has 132 valence electrons. The van der Waals surface area contributed by atoms with Crippen LogP contribution in [-0.4, -0.2) is 23.0 Å². The minimum absolute atomic E-state index is 0.131. The Hall–Kier alpha value is -2.66. The Balaban J connectivity index is 1.90. The second kappa shape index (κ2) is 8.99. The van der Waals surface area contributed by atoms with E-state index in [0.717, 1.165) is 5.56 Å². The number of carboxylic acids is 1. The van der Waals surface area contributed by atoms with Crippen molar-refractivity contribution in [1.82, 2.24) is 5.32 Å². The quantitative estimate of drug-likeness (QED) is 0.688. The summed E-state index contributed by atoms with van der Waals surface area (Å²) < 4.78 is 0. The summed E-state index contributed by atoms with van der Waals surface area (Å²) in [6.45, 7) is 4.60. The first kappa shape index (κ1) is 18.7. The Morgan fingerprint density at radius 3 is 2.20 bits per heavy atom. The maximum Gasteiger partial charge on any atom is 0.321 e. The molecule has 0 aliphatic rings. The minimum atomic E-state index is -1.04. The number of carbonyl (C=O) groups excluding carboxylic acids is 1. The lowest BCUT2D eigenvalue weighted by Crippen LogP contribution is -2.39. The summed E-state index contributed by atoms with van der Waals surface area (Å²) in [4.78, 5) is 23.5. The van der Waals surface area contributed by atoms with Crippen LogP contribution in [0.5, 0.6) is 0 Å². The molecule has 1 atom stereocenters. The van der Waals surface area contributed by atoms with Crippen molar-refractivity contribution in [2.75, 3.05) is 5.32 Å². The van der Waals surface area contributed by atoms with Crippen molar-refractivity contribution in [1.29, 1.82) is 0 Å². The zero-order valence-corrected chi connectivity index (χ0v) is 14.5. The molecule has 2 aromatic carbocycles. The highest BCUT2D eigenvalue weighted by atomic mass is 16.4. The smallest absolute Gasteiger partial charge is 0.321 e. The molecule has 0 radical (unpaired) electrons. The highest BCUT2D eigenvalue weighted by molar-refractivity contribution is 5.94. The minimum Gasteiger partial charge on any atom is -0.480 e. The normalized spacial score (nSPS) is 12.0. The molecule has 1 amide bonds. The number of carbonyl (C=O) groups is 2. The molecule has 0 aromatic heterocycles. The van der Waals surface area contributed by atoms with Crippen molar-refractivity contribution in [3.8, 4) is 0 Å². The van der Waals surface area contributed by atoms with Gasteiger partial charge in [-0.05, 0) is 29.2 Å². The van der Waals surface area contributed by atoms with Crippen LogP contribution >= 0.6 is 0 Å². The van der Waals surface area contributed by atoms with Gasteiger partial charge in [-0.2, -0.15) is 0 Å². The molecule has 0 bridgehead atoms. The molecule has 5 heteroatoms. The predicted molar refractivity (Wildman–Crippen MR) is 98.5 cm³/mol. The molecule has 0 saturated carbocycles.